The second kappa shape index (κ2) is 7.04. The molecule has 1 fully saturated rings. The highest BCUT2D eigenvalue weighted by Crippen LogP contribution is 2.14. The fraction of sp³-hybridized carbons (Fsp3) is 0.909. The van der Waals surface area contributed by atoms with E-state index in [1.807, 2.05) is 0 Å². The molecule has 16 heavy (non-hydrogen) atoms. The number of thiocarbonyl (C=S) groups is 1. The topological polar surface area (TPSA) is 36.5 Å². The Hall–Kier alpha value is -0.390. The number of rotatable bonds is 4. The standard InChI is InChI=1S/C11H23N3OS/c1-9-8-14(2)6-4-10(9)13-11(16)12-5-7-15-3/h9-10H,4-8H2,1-3H3,(H2,12,13,16). The van der Waals surface area contributed by atoms with Crippen molar-refractivity contribution in [3.05, 3.63) is 0 Å². The van der Waals surface area contributed by atoms with Gasteiger partial charge in [0.2, 0.25) is 0 Å². The van der Waals surface area contributed by atoms with Crippen LogP contribution in [-0.2, 0) is 4.74 Å². The molecular formula is C11H23N3OS. The minimum absolute atomic E-state index is 0.499. The summed E-state index contributed by atoms with van der Waals surface area (Å²) in [6.45, 7) is 6.00. The lowest BCUT2D eigenvalue weighted by Gasteiger charge is -2.35. The lowest BCUT2D eigenvalue weighted by Crippen LogP contribution is -2.51. The van der Waals surface area contributed by atoms with Crippen molar-refractivity contribution in [2.45, 2.75) is 19.4 Å². The Morgan fingerprint density at radius 2 is 2.31 bits per heavy atom. The van der Waals surface area contributed by atoms with Crippen molar-refractivity contribution in [2.24, 2.45) is 5.92 Å². The molecule has 1 aliphatic rings. The molecule has 94 valence electrons. The van der Waals surface area contributed by atoms with Crippen molar-refractivity contribution < 1.29 is 4.74 Å². The van der Waals surface area contributed by atoms with Gasteiger partial charge in [0.05, 0.1) is 6.61 Å². The van der Waals surface area contributed by atoms with Gasteiger partial charge in [-0.1, -0.05) is 6.92 Å². The molecule has 0 aliphatic carbocycles. The van der Waals surface area contributed by atoms with E-state index in [2.05, 4.69) is 29.5 Å². The molecule has 4 nitrogen and oxygen atoms in total. The van der Waals surface area contributed by atoms with E-state index < -0.39 is 0 Å². The molecule has 2 N–H and O–H groups in total. The number of methoxy groups -OCH3 is 1. The van der Waals surface area contributed by atoms with E-state index in [-0.39, 0.29) is 0 Å². The van der Waals surface area contributed by atoms with Gasteiger partial charge in [0, 0.05) is 26.2 Å². The zero-order valence-electron chi connectivity index (χ0n) is 10.5. The molecule has 0 spiro atoms. The molecule has 1 heterocycles. The van der Waals surface area contributed by atoms with Crippen molar-refractivity contribution in [1.82, 2.24) is 15.5 Å². The first-order valence-electron chi connectivity index (χ1n) is 5.85. The van der Waals surface area contributed by atoms with Gasteiger partial charge in [-0.05, 0) is 38.1 Å². The van der Waals surface area contributed by atoms with Crippen LogP contribution in [0.1, 0.15) is 13.3 Å². The van der Waals surface area contributed by atoms with Crippen LogP contribution in [0, 0.1) is 5.92 Å². The molecule has 0 saturated carbocycles. The number of nitrogens with one attached hydrogen (secondary N) is 2. The van der Waals surface area contributed by atoms with Crippen LogP contribution < -0.4 is 10.6 Å². The maximum Gasteiger partial charge on any atom is 0.166 e. The first-order valence-corrected chi connectivity index (χ1v) is 6.26. The van der Waals surface area contributed by atoms with Crippen LogP contribution in [0.25, 0.3) is 0 Å². The zero-order chi connectivity index (χ0) is 12.0. The summed E-state index contributed by atoms with van der Waals surface area (Å²) in [5, 5.41) is 7.28. The summed E-state index contributed by atoms with van der Waals surface area (Å²) >= 11 is 5.24. The van der Waals surface area contributed by atoms with E-state index in [0.717, 1.165) is 31.2 Å². The minimum atomic E-state index is 0.499. The molecule has 0 radical (unpaired) electrons. The number of nitrogens with zero attached hydrogens (tertiary/aromatic N) is 1. The normalized spacial score (nSPS) is 26.4. The van der Waals surface area contributed by atoms with Gasteiger partial charge in [-0.15, -0.1) is 0 Å². The maximum absolute atomic E-state index is 5.24. The Balaban J connectivity index is 2.22. The smallest absolute Gasteiger partial charge is 0.166 e. The van der Waals surface area contributed by atoms with Crippen LogP contribution in [-0.4, -0.2) is 56.5 Å². The maximum atomic E-state index is 5.24. The fourth-order valence-electron chi connectivity index (χ4n) is 2.05. The second-order valence-electron chi connectivity index (χ2n) is 4.53. The lowest BCUT2D eigenvalue weighted by molar-refractivity contribution is 0.186. The molecule has 0 aromatic carbocycles. The van der Waals surface area contributed by atoms with Crippen LogP contribution in [0.3, 0.4) is 0 Å². The van der Waals surface area contributed by atoms with Gasteiger partial charge in [-0.2, -0.15) is 0 Å². The first kappa shape index (κ1) is 13.7. The first-order chi connectivity index (χ1) is 7.63. The molecule has 0 bridgehead atoms. The van der Waals surface area contributed by atoms with Gasteiger partial charge >= 0.3 is 0 Å². The number of piperidine rings is 1. The van der Waals surface area contributed by atoms with Gasteiger partial charge in [-0.3, -0.25) is 0 Å². The molecule has 2 atom stereocenters. The average molecular weight is 245 g/mol. The van der Waals surface area contributed by atoms with Crippen molar-refractivity contribution in [3.63, 3.8) is 0 Å². The summed E-state index contributed by atoms with van der Waals surface area (Å²) in [6, 6.07) is 0.499. The summed E-state index contributed by atoms with van der Waals surface area (Å²) in [6.07, 6.45) is 1.16. The van der Waals surface area contributed by atoms with E-state index in [0.29, 0.717) is 18.6 Å². The Morgan fingerprint density at radius 1 is 1.56 bits per heavy atom. The second-order valence-corrected chi connectivity index (χ2v) is 4.94. The van der Waals surface area contributed by atoms with Gasteiger partial charge in [0.25, 0.3) is 0 Å². The molecule has 0 aromatic heterocycles. The van der Waals surface area contributed by atoms with Crippen molar-refractivity contribution in [3.8, 4) is 0 Å². The summed E-state index contributed by atoms with van der Waals surface area (Å²) in [4.78, 5) is 2.37. The number of ether oxygens (including phenoxy) is 1. The minimum Gasteiger partial charge on any atom is -0.383 e. The summed E-state index contributed by atoms with van der Waals surface area (Å²) in [5.74, 6) is 0.640. The number of hydrogen-bond acceptors (Lipinski definition) is 3. The van der Waals surface area contributed by atoms with Crippen molar-refractivity contribution >= 4 is 17.3 Å². The molecule has 0 amide bonds. The molecular weight excluding hydrogens is 222 g/mol. The third-order valence-electron chi connectivity index (χ3n) is 3.02. The van der Waals surface area contributed by atoms with E-state index >= 15 is 0 Å². The quantitative estimate of drug-likeness (QED) is 0.555. The van der Waals surface area contributed by atoms with Crippen LogP contribution in [0.2, 0.25) is 0 Å². The molecule has 1 saturated heterocycles. The molecule has 1 aliphatic heterocycles. The van der Waals surface area contributed by atoms with Crippen LogP contribution in [0.4, 0.5) is 0 Å². The van der Waals surface area contributed by atoms with Crippen molar-refractivity contribution in [1.29, 1.82) is 0 Å². The molecule has 2 unspecified atom stereocenters. The van der Waals surface area contributed by atoms with Gasteiger partial charge in [0.15, 0.2) is 5.11 Å². The van der Waals surface area contributed by atoms with E-state index in [9.17, 15) is 0 Å². The Kier molecular flexibility index (Phi) is 6.01. The molecule has 0 aromatic rings. The van der Waals surface area contributed by atoms with E-state index in [1.54, 1.807) is 7.11 Å². The Bertz CT molecular complexity index is 225. The third-order valence-corrected chi connectivity index (χ3v) is 3.28. The highest BCUT2D eigenvalue weighted by atomic mass is 32.1. The monoisotopic (exact) mass is 245 g/mol. The predicted octanol–water partition coefficient (Wildman–Crippen LogP) is 0.437. The largest absolute Gasteiger partial charge is 0.383 e. The van der Waals surface area contributed by atoms with Gasteiger partial charge in [0.1, 0.15) is 0 Å². The van der Waals surface area contributed by atoms with E-state index in [4.69, 9.17) is 17.0 Å². The Labute approximate surface area is 104 Å². The summed E-state index contributed by atoms with van der Waals surface area (Å²) < 4.78 is 4.96. The number of hydrogen-bond donors (Lipinski definition) is 2. The average Bonchev–Trinajstić information content (AvgIpc) is 2.23. The van der Waals surface area contributed by atoms with E-state index in [1.165, 1.54) is 0 Å². The SMILES string of the molecule is COCCNC(=S)NC1CCN(C)CC1C. The fourth-order valence-corrected chi connectivity index (χ4v) is 2.31. The highest BCUT2D eigenvalue weighted by molar-refractivity contribution is 7.80. The van der Waals surface area contributed by atoms with Crippen LogP contribution in [0.5, 0.6) is 0 Å². The lowest BCUT2D eigenvalue weighted by atomic mass is 9.94. The van der Waals surface area contributed by atoms with Crippen LogP contribution >= 0.6 is 12.2 Å². The zero-order valence-corrected chi connectivity index (χ0v) is 11.3. The van der Waals surface area contributed by atoms with Crippen molar-refractivity contribution in [2.75, 3.05) is 40.4 Å². The number of likely N-dealkylation sites (tertiary alicyclic amines) is 1. The van der Waals surface area contributed by atoms with Gasteiger partial charge in [-0.25, -0.2) is 0 Å². The van der Waals surface area contributed by atoms with Crippen LogP contribution in [0.15, 0.2) is 0 Å². The summed E-state index contributed by atoms with van der Waals surface area (Å²) in [7, 11) is 3.86. The predicted molar refractivity (Wildman–Crippen MR) is 70.7 cm³/mol. The highest BCUT2D eigenvalue weighted by Gasteiger charge is 2.24. The third kappa shape index (κ3) is 4.63. The summed E-state index contributed by atoms with van der Waals surface area (Å²) in [5.41, 5.74) is 0. The molecule has 1 rings (SSSR count). The molecule has 5 heteroatoms. The van der Waals surface area contributed by atoms with Gasteiger partial charge < -0.3 is 20.3 Å². The Morgan fingerprint density at radius 3 is 2.94 bits per heavy atom.